The second-order valence-electron chi connectivity index (χ2n) is 6.84. The van der Waals surface area contributed by atoms with Gasteiger partial charge in [0.05, 0.1) is 10.4 Å². The largest absolute Gasteiger partial charge is 0.374 e. The first kappa shape index (κ1) is 20.4. The minimum Gasteiger partial charge on any atom is -0.374 e. The molecule has 28 heavy (non-hydrogen) atoms. The van der Waals surface area contributed by atoms with Crippen molar-refractivity contribution in [1.29, 1.82) is 10.7 Å². The van der Waals surface area contributed by atoms with E-state index in [4.69, 9.17) is 10.4 Å². The van der Waals surface area contributed by atoms with E-state index in [0.29, 0.717) is 17.2 Å². The van der Waals surface area contributed by atoms with Crippen molar-refractivity contribution in [3.05, 3.63) is 45.7 Å². The van der Waals surface area contributed by atoms with E-state index in [0.717, 1.165) is 45.4 Å². The Morgan fingerprint density at radius 1 is 1.43 bits per heavy atom. The van der Waals surface area contributed by atoms with Gasteiger partial charge in [-0.2, -0.15) is 5.26 Å². The molecule has 1 unspecified atom stereocenters. The van der Waals surface area contributed by atoms with E-state index < -0.39 is 0 Å². The van der Waals surface area contributed by atoms with Gasteiger partial charge in [0.15, 0.2) is 0 Å². The third-order valence-electron chi connectivity index (χ3n) is 4.83. The van der Waals surface area contributed by atoms with Gasteiger partial charge in [-0.15, -0.1) is 23.1 Å². The van der Waals surface area contributed by atoms with E-state index >= 15 is 0 Å². The first-order valence-electron chi connectivity index (χ1n) is 9.42. The van der Waals surface area contributed by atoms with E-state index in [1.165, 1.54) is 0 Å². The van der Waals surface area contributed by atoms with Crippen LogP contribution in [-0.4, -0.2) is 15.7 Å². The molecule has 7 heteroatoms. The molecule has 5 nitrogen and oxygen atoms in total. The molecule has 1 aliphatic rings. The Morgan fingerprint density at radius 3 is 2.75 bits per heavy atom. The summed E-state index contributed by atoms with van der Waals surface area (Å²) in [4.78, 5) is 10.3. The summed E-state index contributed by atoms with van der Waals surface area (Å²) < 4.78 is 0. The molecule has 0 saturated carbocycles. The Morgan fingerprint density at radius 2 is 2.18 bits per heavy atom. The number of hydrogen-bond donors (Lipinski definition) is 3. The fourth-order valence-electron chi connectivity index (χ4n) is 3.39. The van der Waals surface area contributed by atoms with Crippen molar-refractivity contribution in [3.8, 4) is 16.6 Å². The molecule has 0 radical (unpaired) electrons. The fourth-order valence-corrected chi connectivity index (χ4v) is 5.47. The van der Waals surface area contributed by atoms with Crippen molar-refractivity contribution in [2.24, 2.45) is 5.92 Å². The number of thiophene rings is 1. The molecule has 0 saturated heterocycles. The first-order valence-corrected chi connectivity index (χ1v) is 11.2. The van der Waals surface area contributed by atoms with Crippen LogP contribution in [-0.2, 0) is 0 Å². The second kappa shape index (κ2) is 8.80. The van der Waals surface area contributed by atoms with Gasteiger partial charge in [0, 0.05) is 22.5 Å². The predicted octanol–water partition coefficient (Wildman–Crippen LogP) is 5.98. The lowest BCUT2D eigenvalue weighted by molar-refractivity contribution is 0.620. The lowest BCUT2D eigenvalue weighted by Crippen LogP contribution is -2.04. The Bertz CT molecular complexity index is 962. The number of H-pyrrole nitrogens is 1. The van der Waals surface area contributed by atoms with Crippen LogP contribution in [0.15, 0.2) is 23.8 Å². The van der Waals surface area contributed by atoms with Crippen molar-refractivity contribution < 1.29 is 0 Å². The van der Waals surface area contributed by atoms with Gasteiger partial charge in [0.2, 0.25) is 0 Å². The lowest BCUT2D eigenvalue weighted by atomic mass is 9.92. The molecule has 0 aromatic carbocycles. The molecule has 0 amide bonds. The average Bonchev–Trinajstić information content (AvgIpc) is 3.40. The summed E-state index contributed by atoms with van der Waals surface area (Å²) in [7, 11) is 0. The van der Waals surface area contributed by atoms with Gasteiger partial charge in [0.1, 0.15) is 23.0 Å². The summed E-state index contributed by atoms with van der Waals surface area (Å²) >= 11 is 3.32. The maximum atomic E-state index is 9.66. The van der Waals surface area contributed by atoms with Gasteiger partial charge in [-0.3, -0.25) is 0 Å². The van der Waals surface area contributed by atoms with E-state index in [-0.39, 0.29) is 5.37 Å². The third-order valence-corrected chi connectivity index (χ3v) is 7.14. The van der Waals surface area contributed by atoms with Crippen molar-refractivity contribution in [2.45, 2.75) is 45.9 Å². The minimum absolute atomic E-state index is 0.158. The standard InChI is InChI=1S/C21H25N5S2/c1-5-14(6-2)16(9-12(3)23)20-25-13(4)18(26-20)19-15(11-22)10-17(28-19)21-24-7-8-27-21/h7-10,14,21,23-24H,5-6H2,1-4H3,(H,25,26)/b16-9-,23-12?. The molecule has 0 aliphatic carbocycles. The van der Waals surface area contributed by atoms with Crippen LogP contribution >= 0.6 is 23.1 Å². The van der Waals surface area contributed by atoms with Crippen LogP contribution in [0.4, 0.5) is 0 Å². The summed E-state index contributed by atoms with van der Waals surface area (Å²) in [6.45, 7) is 8.12. The number of aromatic nitrogens is 2. The molecule has 1 aliphatic heterocycles. The lowest BCUT2D eigenvalue weighted by Gasteiger charge is -2.15. The van der Waals surface area contributed by atoms with Crippen molar-refractivity contribution in [2.75, 3.05) is 0 Å². The Balaban J connectivity index is 2.04. The average molecular weight is 412 g/mol. The topological polar surface area (TPSA) is 88.3 Å². The van der Waals surface area contributed by atoms with E-state index in [2.05, 4.69) is 30.2 Å². The first-order chi connectivity index (χ1) is 13.5. The smallest absolute Gasteiger partial charge is 0.134 e. The number of nitrogens with zero attached hydrogens (tertiary/aromatic N) is 2. The summed E-state index contributed by atoms with van der Waals surface area (Å²) in [5.74, 6) is 1.15. The van der Waals surface area contributed by atoms with Crippen molar-refractivity contribution in [3.63, 3.8) is 0 Å². The molecule has 2 aromatic rings. The maximum Gasteiger partial charge on any atom is 0.134 e. The third kappa shape index (κ3) is 4.08. The molecular weight excluding hydrogens is 386 g/mol. The van der Waals surface area contributed by atoms with Crippen LogP contribution in [0, 0.1) is 29.6 Å². The zero-order chi connectivity index (χ0) is 20.3. The van der Waals surface area contributed by atoms with Crippen molar-refractivity contribution in [1.82, 2.24) is 15.3 Å². The number of allylic oxidation sites excluding steroid dienone is 2. The summed E-state index contributed by atoms with van der Waals surface area (Å²) in [6.07, 6.45) is 5.84. The molecule has 0 spiro atoms. The highest BCUT2D eigenvalue weighted by molar-refractivity contribution is 8.02. The number of aromatic amines is 1. The highest BCUT2D eigenvalue weighted by Crippen LogP contribution is 2.41. The van der Waals surface area contributed by atoms with Gasteiger partial charge in [-0.1, -0.05) is 13.8 Å². The zero-order valence-corrected chi connectivity index (χ0v) is 18.2. The normalized spacial score (nSPS) is 16.4. The number of nitriles is 1. The number of rotatable bonds is 7. The Hall–Kier alpha value is -2.30. The highest BCUT2D eigenvalue weighted by Gasteiger charge is 2.24. The summed E-state index contributed by atoms with van der Waals surface area (Å²) in [5.41, 5.74) is 4.03. The van der Waals surface area contributed by atoms with Gasteiger partial charge in [-0.05, 0) is 55.7 Å². The van der Waals surface area contributed by atoms with Crippen LogP contribution in [0.2, 0.25) is 0 Å². The maximum absolute atomic E-state index is 9.66. The van der Waals surface area contributed by atoms with Gasteiger partial charge in [-0.25, -0.2) is 4.98 Å². The number of hydrogen-bond acceptors (Lipinski definition) is 6. The molecule has 3 rings (SSSR count). The Kier molecular flexibility index (Phi) is 6.42. The molecule has 3 N–H and O–H groups in total. The monoisotopic (exact) mass is 411 g/mol. The van der Waals surface area contributed by atoms with Gasteiger partial charge < -0.3 is 15.7 Å². The van der Waals surface area contributed by atoms with Crippen molar-refractivity contribution >= 4 is 34.4 Å². The van der Waals surface area contributed by atoms with Crippen LogP contribution in [0.1, 0.15) is 60.9 Å². The number of aryl methyl sites for hydroxylation is 1. The molecule has 146 valence electrons. The zero-order valence-electron chi connectivity index (χ0n) is 16.6. The minimum atomic E-state index is 0.158. The number of thioether (sulfide) groups is 1. The molecule has 3 heterocycles. The SMILES string of the molecule is CCC(CC)/C(=C/C(C)=N)c1nc(-c2sc(C3NC=CS3)cc2C#N)c(C)[nH]1. The predicted molar refractivity (Wildman–Crippen MR) is 119 cm³/mol. The quantitative estimate of drug-likeness (QED) is 0.489. The van der Waals surface area contributed by atoms with E-state index in [1.807, 2.05) is 30.7 Å². The molecular formula is C21H25N5S2. The fraction of sp³-hybridized carbons (Fsp3) is 0.381. The number of nitrogens with one attached hydrogen (secondary N) is 3. The molecule has 0 fully saturated rings. The van der Waals surface area contributed by atoms with Crippen LogP contribution in [0.3, 0.4) is 0 Å². The summed E-state index contributed by atoms with van der Waals surface area (Å²) in [6, 6.07) is 4.29. The molecule has 2 aromatic heterocycles. The second-order valence-corrected chi connectivity index (χ2v) is 8.94. The van der Waals surface area contributed by atoms with Gasteiger partial charge in [0.25, 0.3) is 0 Å². The number of imidazole rings is 1. The van der Waals surface area contributed by atoms with Gasteiger partial charge >= 0.3 is 0 Å². The molecule has 1 atom stereocenters. The molecule has 0 bridgehead atoms. The summed E-state index contributed by atoms with van der Waals surface area (Å²) in [5, 5.41) is 23.1. The van der Waals surface area contributed by atoms with Crippen LogP contribution in [0.25, 0.3) is 16.1 Å². The Labute approximate surface area is 174 Å². The van der Waals surface area contributed by atoms with E-state index in [1.54, 1.807) is 30.0 Å². The van der Waals surface area contributed by atoms with Crippen LogP contribution in [0.5, 0.6) is 0 Å². The van der Waals surface area contributed by atoms with Crippen LogP contribution < -0.4 is 5.32 Å². The highest BCUT2D eigenvalue weighted by atomic mass is 32.2. The van der Waals surface area contributed by atoms with E-state index in [9.17, 15) is 5.26 Å².